The van der Waals surface area contributed by atoms with Crippen LogP contribution in [0.5, 0.6) is 0 Å². The standard InChI is InChI=1S/C17H20N2O2/c1-12-9-14(17(20)21)7-8-15(12)10-19(3)11-16-6-4-5-13(2)18-16/h4-9H,10-11H2,1-3H3,(H,20,21). The SMILES string of the molecule is Cc1cccc(CN(C)Cc2ccc(C(=O)O)cc2C)n1. The molecule has 0 aliphatic carbocycles. The van der Waals surface area contributed by atoms with Gasteiger partial charge in [0.2, 0.25) is 0 Å². The van der Waals surface area contributed by atoms with Crippen molar-refractivity contribution in [1.29, 1.82) is 0 Å². The van der Waals surface area contributed by atoms with Crippen molar-refractivity contribution in [2.24, 2.45) is 0 Å². The quantitative estimate of drug-likeness (QED) is 0.917. The zero-order chi connectivity index (χ0) is 15.4. The van der Waals surface area contributed by atoms with Gasteiger partial charge in [-0.3, -0.25) is 9.88 Å². The summed E-state index contributed by atoms with van der Waals surface area (Å²) in [7, 11) is 2.04. The second kappa shape index (κ2) is 6.50. The minimum absolute atomic E-state index is 0.333. The molecule has 0 saturated heterocycles. The van der Waals surface area contributed by atoms with Crippen LogP contribution in [0.4, 0.5) is 0 Å². The van der Waals surface area contributed by atoms with E-state index in [2.05, 4.69) is 9.88 Å². The summed E-state index contributed by atoms with van der Waals surface area (Å²) in [4.78, 5) is 17.6. The van der Waals surface area contributed by atoms with Crippen LogP contribution in [0.2, 0.25) is 0 Å². The van der Waals surface area contributed by atoms with Crippen molar-refractivity contribution in [1.82, 2.24) is 9.88 Å². The summed E-state index contributed by atoms with van der Waals surface area (Å²) in [6, 6.07) is 11.3. The zero-order valence-corrected chi connectivity index (χ0v) is 12.6. The summed E-state index contributed by atoms with van der Waals surface area (Å²) in [5, 5.41) is 8.98. The maximum absolute atomic E-state index is 10.9. The molecular formula is C17H20N2O2. The number of hydrogen-bond acceptors (Lipinski definition) is 3. The lowest BCUT2D eigenvalue weighted by Gasteiger charge is -2.18. The predicted molar refractivity (Wildman–Crippen MR) is 82.3 cm³/mol. The van der Waals surface area contributed by atoms with Gasteiger partial charge in [-0.2, -0.15) is 0 Å². The largest absolute Gasteiger partial charge is 0.478 e. The number of aryl methyl sites for hydroxylation is 2. The highest BCUT2D eigenvalue weighted by molar-refractivity contribution is 5.87. The van der Waals surface area contributed by atoms with Crippen molar-refractivity contribution in [3.63, 3.8) is 0 Å². The van der Waals surface area contributed by atoms with Crippen molar-refractivity contribution in [3.8, 4) is 0 Å². The lowest BCUT2D eigenvalue weighted by atomic mass is 10.0. The number of carbonyl (C=O) groups is 1. The molecule has 0 atom stereocenters. The van der Waals surface area contributed by atoms with Crippen LogP contribution in [0.1, 0.15) is 32.9 Å². The van der Waals surface area contributed by atoms with Gasteiger partial charge in [0.25, 0.3) is 0 Å². The van der Waals surface area contributed by atoms with Gasteiger partial charge in [0, 0.05) is 18.8 Å². The highest BCUT2D eigenvalue weighted by Crippen LogP contribution is 2.14. The molecule has 1 aromatic carbocycles. The Balaban J connectivity index is 2.06. The fourth-order valence-electron chi connectivity index (χ4n) is 2.32. The van der Waals surface area contributed by atoms with Gasteiger partial charge >= 0.3 is 5.97 Å². The van der Waals surface area contributed by atoms with Crippen LogP contribution in [-0.2, 0) is 13.1 Å². The number of rotatable bonds is 5. The van der Waals surface area contributed by atoms with Gasteiger partial charge in [-0.15, -0.1) is 0 Å². The summed E-state index contributed by atoms with van der Waals surface area (Å²) < 4.78 is 0. The molecular weight excluding hydrogens is 264 g/mol. The van der Waals surface area contributed by atoms with Gasteiger partial charge < -0.3 is 5.11 Å². The fraction of sp³-hybridized carbons (Fsp3) is 0.294. The van der Waals surface area contributed by atoms with Gasteiger partial charge in [-0.05, 0) is 56.3 Å². The van der Waals surface area contributed by atoms with Gasteiger partial charge in [-0.25, -0.2) is 4.79 Å². The van der Waals surface area contributed by atoms with E-state index < -0.39 is 5.97 Å². The lowest BCUT2D eigenvalue weighted by Crippen LogP contribution is -2.18. The Bertz CT molecular complexity index is 653. The Hall–Kier alpha value is -2.20. The van der Waals surface area contributed by atoms with Gasteiger partial charge in [-0.1, -0.05) is 12.1 Å². The van der Waals surface area contributed by atoms with Gasteiger partial charge in [0.05, 0.1) is 11.3 Å². The Kier molecular flexibility index (Phi) is 4.70. The topological polar surface area (TPSA) is 53.4 Å². The van der Waals surface area contributed by atoms with E-state index in [0.717, 1.165) is 35.6 Å². The normalized spacial score (nSPS) is 10.9. The molecule has 0 fully saturated rings. The van der Waals surface area contributed by atoms with E-state index in [-0.39, 0.29) is 0 Å². The molecule has 2 rings (SSSR count). The summed E-state index contributed by atoms with van der Waals surface area (Å²) >= 11 is 0. The van der Waals surface area contributed by atoms with Crippen LogP contribution in [0, 0.1) is 13.8 Å². The summed E-state index contributed by atoms with van der Waals surface area (Å²) in [6.45, 7) is 5.46. The Morgan fingerprint density at radius 2 is 1.95 bits per heavy atom. The Labute approximate surface area is 125 Å². The van der Waals surface area contributed by atoms with E-state index in [9.17, 15) is 4.79 Å². The van der Waals surface area contributed by atoms with Crippen molar-refractivity contribution in [2.45, 2.75) is 26.9 Å². The third-order valence-electron chi connectivity index (χ3n) is 3.41. The Morgan fingerprint density at radius 1 is 1.19 bits per heavy atom. The van der Waals surface area contributed by atoms with Crippen molar-refractivity contribution in [3.05, 3.63) is 64.5 Å². The molecule has 1 N–H and O–H groups in total. The first-order valence-corrected chi connectivity index (χ1v) is 6.89. The smallest absolute Gasteiger partial charge is 0.335 e. The van der Waals surface area contributed by atoms with Crippen LogP contribution >= 0.6 is 0 Å². The number of pyridine rings is 1. The van der Waals surface area contributed by atoms with Crippen LogP contribution in [-0.4, -0.2) is 28.0 Å². The predicted octanol–water partition coefficient (Wildman–Crippen LogP) is 3.03. The molecule has 0 saturated carbocycles. The minimum Gasteiger partial charge on any atom is -0.478 e. The van der Waals surface area contributed by atoms with Crippen LogP contribution in [0.15, 0.2) is 36.4 Å². The molecule has 1 heterocycles. The molecule has 0 bridgehead atoms. The van der Waals surface area contributed by atoms with E-state index >= 15 is 0 Å². The third kappa shape index (κ3) is 4.13. The first-order chi connectivity index (χ1) is 9.95. The van der Waals surface area contributed by atoms with Crippen LogP contribution in [0.25, 0.3) is 0 Å². The average molecular weight is 284 g/mol. The molecule has 110 valence electrons. The highest BCUT2D eigenvalue weighted by Gasteiger charge is 2.08. The minimum atomic E-state index is -0.887. The molecule has 0 aliphatic rings. The highest BCUT2D eigenvalue weighted by atomic mass is 16.4. The molecule has 21 heavy (non-hydrogen) atoms. The molecule has 1 aromatic heterocycles. The zero-order valence-electron chi connectivity index (χ0n) is 12.6. The van der Waals surface area contributed by atoms with Gasteiger partial charge in [0.15, 0.2) is 0 Å². The van der Waals surface area contributed by atoms with Crippen LogP contribution in [0.3, 0.4) is 0 Å². The van der Waals surface area contributed by atoms with E-state index in [4.69, 9.17) is 5.11 Å². The summed E-state index contributed by atoms with van der Waals surface area (Å²) in [5.41, 5.74) is 4.52. The lowest BCUT2D eigenvalue weighted by molar-refractivity contribution is 0.0696. The van der Waals surface area contributed by atoms with Crippen LogP contribution < -0.4 is 0 Å². The van der Waals surface area contributed by atoms with E-state index in [0.29, 0.717) is 5.56 Å². The van der Waals surface area contributed by atoms with Crippen molar-refractivity contribution >= 4 is 5.97 Å². The van der Waals surface area contributed by atoms with Crippen molar-refractivity contribution in [2.75, 3.05) is 7.05 Å². The van der Waals surface area contributed by atoms with Crippen molar-refractivity contribution < 1.29 is 9.90 Å². The number of hydrogen-bond donors (Lipinski definition) is 1. The molecule has 0 unspecified atom stereocenters. The number of aromatic carboxylic acids is 1. The number of aromatic nitrogens is 1. The third-order valence-corrected chi connectivity index (χ3v) is 3.41. The maximum Gasteiger partial charge on any atom is 0.335 e. The second-order valence-corrected chi connectivity index (χ2v) is 5.39. The number of carboxylic acid groups (broad SMARTS) is 1. The average Bonchev–Trinajstić information content (AvgIpc) is 2.40. The molecule has 0 aliphatic heterocycles. The number of nitrogens with zero attached hydrogens (tertiary/aromatic N) is 2. The molecule has 4 heteroatoms. The molecule has 4 nitrogen and oxygen atoms in total. The molecule has 0 radical (unpaired) electrons. The fourth-order valence-corrected chi connectivity index (χ4v) is 2.32. The molecule has 0 spiro atoms. The first-order valence-electron chi connectivity index (χ1n) is 6.89. The Morgan fingerprint density at radius 3 is 2.57 bits per heavy atom. The van der Waals surface area contributed by atoms with E-state index in [1.54, 1.807) is 12.1 Å². The first kappa shape index (κ1) is 15.2. The summed E-state index contributed by atoms with van der Waals surface area (Å²) in [6.07, 6.45) is 0. The summed E-state index contributed by atoms with van der Waals surface area (Å²) in [5.74, 6) is -0.887. The van der Waals surface area contributed by atoms with E-state index in [1.807, 2.05) is 45.2 Å². The number of carboxylic acids is 1. The van der Waals surface area contributed by atoms with Gasteiger partial charge in [0.1, 0.15) is 0 Å². The maximum atomic E-state index is 10.9. The number of benzene rings is 1. The molecule has 0 amide bonds. The monoisotopic (exact) mass is 284 g/mol. The second-order valence-electron chi connectivity index (χ2n) is 5.39. The molecule has 2 aromatic rings. The van der Waals surface area contributed by atoms with E-state index in [1.165, 1.54) is 0 Å².